The number of anilines is 1. The molecular weight excluding hydrogens is 320 g/mol. The van der Waals surface area contributed by atoms with Gasteiger partial charge in [-0.2, -0.15) is 0 Å². The molecule has 1 aromatic heterocycles. The van der Waals surface area contributed by atoms with Gasteiger partial charge in [-0.15, -0.1) is 0 Å². The maximum atomic E-state index is 12.2. The zero-order chi connectivity index (χ0) is 17.1. The predicted molar refractivity (Wildman–Crippen MR) is 100 cm³/mol. The number of rotatable bonds is 3. The number of carbonyl (C=O) groups is 1. The molecule has 2 aromatic carbocycles. The van der Waals surface area contributed by atoms with Crippen molar-refractivity contribution in [1.29, 1.82) is 0 Å². The van der Waals surface area contributed by atoms with E-state index in [4.69, 9.17) is 11.6 Å². The lowest BCUT2D eigenvalue weighted by molar-refractivity contribution is -0.111. The fourth-order valence-electron chi connectivity index (χ4n) is 2.49. The largest absolute Gasteiger partial charge is 0.322 e. The third-order valence-electron chi connectivity index (χ3n) is 3.99. The van der Waals surface area contributed by atoms with E-state index in [2.05, 4.69) is 17.2 Å². The summed E-state index contributed by atoms with van der Waals surface area (Å²) in [5.74, 6) is -0.185. The number of hydrogen-bond donors (Lipinski definition) is 1. The number of fused-ring (bicyclic) bond motifs is 1. The first-order valence-corrected chi connectivity index (χ1v) is 8.02. The number of halogens is 1. The SMILES string of the molecule is Cc1ccc2c(NC(=O)/C=C/c3ccc(Cl)cc3)ccnc2c1C. The molecule has 3 aromatic rings. The Kier molecular flexibility index (Phi) is 4.63. The van der Waals surface area contributed by atoms with Gasteiger partial charge in [0.2, 0.25) is 5.91 Å². The van der Waals surface area contributed by atoms with Crippen LogP contribution in [0.4, 0.5) is 5.69 Å². The molecule has 120 valence electrons. The first kappa shape index (κ1) is 16.2. The van der Waals surface area contributed by atoms with Gasteiger partial charge in [0.15, 0.2) is 0 Å². The molecule has 0 fully saturated rings. The van der Waals surface area contributed by atoms with Crippen molar-refractivity contribution in [3.8, 4) is 0 Å². The van der Waals surface area contributed by atoms with Crippen LogP contribution >= 0.6 is 11.6 Å². The molecule has 0 aliphatic carbocycles. The van der Waals surface area contributed by atoms with Crippen LogP contribution in [0.5, 0.6) is 0 Å². The van der Waals surface area contributed by atoms with E-state index in [1.54, 1.807) is 24.4 Å². The van der Waals surface area contributed by atoms with Crippen LogP contribution in [0.1, 0.15) is 16.7 Å². The van der Waals surface area contributed by atoms with Crippen LogP contribution in [0.3, 0.4) is 0 Å². The Hall–Kier alpha value is -2.65. The third kappa shape index (κ3) is 3.47. The molecule has 0 aliphatic heterocycles. The second-order valence-electron chi connectivity index (χ2n) is 5.64. The molecule has 24 heavy (non-hydrogen) atoms. The summed E-state index contributed by atoms with van der Waals surface area (Å²) in [5, 5.41) is 4.53. The Morgan fingerprint density at radius 1 is 1.08 bits per heavy atom. The molecule has 4 heteroatoms. The van der Waals surface area contributed by atoms with Crippen molar-refractivity contribution in [3.63, 3.8) is 0 Å². The molecule has 1 amide bonds. The first-order chi connectivity index (χ1) is 11.5. The number of amides is 1. The second-order valence-corrected chi connectivity index (χ2v) is 6.07. The molecule has 3 nitrogen and oxygen atoms in total. The van der Waals surface area contributed by atoms with Crippen molar-refractivity contribution in [2.24, 2.45) is 0 Å². The maximum Gasteiger partial charge on any atom is 0.248 e. The minimum Gasteiger partial charge on any atom is -0.322 e. The molecule has 0 radical (unpaired) electrons. The summed E-state index contributed by atoms with van der Waals surface area (Å²) in [6, 6.07) is 13.1. The summed E-state index contributed by atoms with van der Waals surface area (Å²) in [4.78, 5) is 16.6. The average molecular weight is 337 g/mol. The number of aryl methyl sites for hydroxylation is 2. The fourth-order valence-corrected chi connectivity index (χ4v) is 2.62. The van der Waals surface area contributed by atoms with Gasteiger partial charge in [0.25, 0.3) is 0 Å². The summed E-state index contributed by atoms with van der Waals surface area (Å²) < 4.78 is 0. The minimum atomic E-state index is -0.185. The second kappa shape index (κ2) is 6.85. The molecular formula is C20H17ClN2O. The van der Waals surface area contributed by atoms with Gasteiger partial charge in [0, 0.05) is 22.7 Å². The number of nitrogens with zero attached hydrogens (tertiary/aromatic N) is 1. The fraction of sp³-hybridized carbons (Fsp3) is 0.100. The van der Waals surface area contributed by atoms with E-state index >= 15 is 0 Å². The van der Waals surface area contributed by atoms with E-state index in [1.165, 1.54) is 11.6 Å². The lowest BCUT2D eigenvalue weighted by atomic mass is 10.0. The lowest BCUT2D eigenvalue weighted by Gasteiger charge is -2.09. The van der Waals surface area contributed by atoms with E-state index in [1.807, 2.05) is 37.3 Å². The Balaban J connectivity index is 1.83. The normalized spacial score (nSPS) is 11.1. The number of carbonyl (C=O) groups excluding carboxylic acids is 1. The van der Waals surface area contributed by atoms with Crippen LogP contribution in [0.2, 0.25) is 5.02 Å². The molecule has 0 unspecified atom stereocenters. The van der Waals surface area contributed by atoms with E-state index in [-0.39, 0.29) is 5.91 Å². The monoisotopic (exact) mass is 336 g/mol. The maximum absolute atomic E-state index is 12.2. The highest BCUT2D eigenvalue weighted by molar-refractivity contribution is 6.30. The van der Waals surface area contributed by atoms with Crippen molar-refractivity contribution < 1.29 is 4.79 Å². The van der Waals surface area contributed by atoms with Gasteiger partial charge in [0.1, 0.15) is 0 Å². The smallest absolute Gasteiger partial charge is 0.248 e. The quantitative estimate of drug-likeness (QED) is 0.671. The molecule has 0 saturated carbocycles. The van der Waals surface area contributed by atoms with Crippen molar-refractivity contribution >= 4 is 40.2 Å². The van der Waals surface area contributed by atoms with Crippen LogP contribution in [0, 0.1) is 13.8 Å². The van der Waals surface area contributed by atoms with Crippen LogP contribution in [0.25, 0.3) is 17.0 Å². The van der Waals surface area contributed by atoms with E-state index in [0.717, 1.165) is 27.7 Å². The summed E-state index contributed by atoms with van der Waals surface area (Å²) in [6.45, 7) is 4.09. The molecule has 0 aliphatic rings. The van der Waals surface area contributed by atoms with E-state index in [0.29, 0.717) is 5.02 Å². The van der Waals surface area contributed by atoms with Gasteiger partial charge in [-0.1, -0.05) is 35.9 Å². The Morgan fingerprint density at radius 2 is 1.83 bits per heavy atom. The summed E-state index contributed by atoms with van der Waals surface area (Å²) in [7, 11) is 0. The predicted octanol–water partition coefficient (Wildman–Crippen LogP) is 5.16. The van der Waals surface area contributed by atoms with Crippen molar-refractivity contribution in [1.82, 2.24) is 4.98 Å². The molecule has 0 saturated heterocycles. The molecule has 0 atom stereocenters. The van der Waals surface area contributed by atoms with Crippen LogP contribution in [0.15, 0.2) is 54.7 Å². The van der Waals surface area contributed by atoms with Gasteiger partial charge in [-0.05, 0) is 54.8 Å². The number of hydrogen-bond acceptors (Lipinski definition) is 2. The minimum absolute atomic E-state index is 0.185. The van der Waals surface area contributed by atoms with Crippen LogP contribution in [-0.4, -0.2) is 10.9 Å². The molecule has 0 spiro atoms. The van der Waals surface area contributed by atoms with Gasteiger partial charge in [-0.3, -0.25) is 9.78 Å². The van der Waals surface area contributed by atoms with Crippen molar-refractivity contribution in [2.45, 2.75) is 13.8 Å². The van der Waals surface area contributed by atoms with Crippen LogP contribution in [-0.2, 0) is 4.79 Å². The van der Waals surface area contributed by atoms with Crippen LogP contribution < -0.4 is 5.32 Å². The zero-order valence-electron chi connectivity index (χ0n) is 13.5. The average Bonchev–Trinajstić information content (AvgIpc) is 2.58. The molecule has 3 rings (SSSR count). The van der Waals surface area contributed by atoms with Gasteiger partial charge < -0.3 is 5.32 Å². The number of aromatic nitrogens is 1. The van der Waals surface area contributed by atoms with Gasteiger partial charge in [-0.25, -0.2) is 0 Å². The topological polar surface area (TPSA) is 42.0 Å². The van der Waals surface area contributed by atoms with Gasteiger partial charge >= 0.3 is 0 Å². The lowest BCUT2D eigenvalue weighted by Crippen LogP contribution is -2.08. The summed E-state index contributed by atoms with van der Waals surface area (Å²) >= 11 is 5.85. The first-order valence-electron chi connectivity index (χ1n) is 7.64. The number of pyridine rings is 1. The third-order valence-corrected chi connectivity index (χ3v) is 4.24. The molecule has 1 N–H and O–H groups in total. The van der Waals surface area contributed by atoms with E-state index in [9.17, 15) is 4.79 Å². The highest BCUT2D eigenvalue weighted by Crippen LogP contribution is 2.26. The highest BCUT2D eigenvalue weighted by atomic mass is 35.5. The molecule has 1 heterocycles. The van der Waals surface area contributed by atoms with Gasteiger partial charge in [0.05, 0.1) is 11.2 Å². The Bertz CT molecular complexity index is 930. The Morgan fingerprint density at radius 3 is 2.58 bits per heavy atom. The Labute approximate surface area is 146 Å². The standard InChI is InChI=1S/C20H17ClN2O/c1-13-3-9-17-18(11-12-22-20(17)14(13)2)23-19(24)10-6-15-4-7-16(21)8-5-15/h3-12H,1-2H3,(H,22,23,24)/b10-6+. The van der Waals surface area contributed by atoms with E-state index < -0.39 is 0 Å². The van der Waals surface area contributed by atoms with Crippen molar-refractivity contribution in [2.75, 3.05) is 5.32 Å². The number of nitrogens with one attached hydrogen (secondary N) is 1. The molecule has 0 bridgehead atoms. The zero-order valence-corrected chi connectivity index (χ0v) is 14.3. The highest BCUT2D eigenvalue weighted by Gasteiger charge is 2.07. The summed E-state index contributed by atoms with van der Waals surface area (Å²) in [5.41, 5.74) is 4.89. The number of benzene rings is 2. The summed E-state index contributed by atoms with van der Waals surface area (Å²) in [6.07, 6.45) is 4.98. The van der Waals surface area contributed by atoms with Crippen molar-refractivity contribution in [3.05, 3.63) is 76.5 Å².